The van der Waals surface area contributed by atoms with E-state index in [1.807, 2.05) is 4.90 Å². The lowest BCUT2D eigenvalue weighted by atomic mass is 10.0. The van der Waals surface area contributed by atoms with Crippen molar-refractivity contribution < 1.29 is 14.0 Å². The van der Waals surface area contributed by atoms with E-state index < -0.39 is 5.91 Å². The molecule has 1 aromatic heterocycles. The van der Waals surface area contributed by atoms with Crippen LogP contribution in [0.2, 0.25) is 0 Å². The Morgan fingerprint density at radius 2 is 2.04 bits per heavy atom. The van der Waals surface area contributed by atoms with Crippen molar-refractivity contribution >= 4 is 23.2 Å². The van der Waals surface area contributed by atoms with Crippen LogP contribution >= 0.6 is 11.3 Å². The summed E-state index contributed by atoms with van der Waals surface area (Å²) in [7, 11) is 0. The molecule has 1 aliphatic heterocycles. The molecule has 2 amide bonds. The third kappa shape index (κ3) is 3.62. The first-order valence-corrected chi connectivity index (χ1v) is 8.65. The molecule has 1 atom stereocenters. The van der Waals surface area contributed by atoms with Gasteiger partial charge in [-0.2, -0.15) is 0 Å². The van der Waals surface area contributed by atoms with Crippen molar-refractivity contribution in [3.8, 4) is 0 Å². The number of carbonyl (C=O) groups excluding carboxylic acids is 2. The zero-order valence-electron chi connectivity index (χ0n) is 13.1. The van der Waals surface area contributed by atoms with Gasteiger partial charge in [-0.05, 0) is 37.0 Å². The predicted octanol–water partition coefficient (Wildman–Crippen LogP) is 2.68. The first kappa shape index (κ1) is 16.6. The molecule has 2 aromatic rings. The molecule has 1 aromatic carbocycles. The van der Waals surface area contributed by atoms with Gasteiger partial charge in [0, 0.05) is 6.54 Å². The summed E-state index contributed by atoms with van der Waals surface area (Å²) in [5, 5.41) is 0.746. The molecule has 1 aliphatic rings. The van der Waals surface area contributed by atoms with E-state index in [4.69, 9.17) is 5.73 Å². The molecular formula is C17H18FN3O2S. The average Bonchev–Trinajstić information content (AvgIpc) is 3.07. The van der Waals surface area contributed by atoms with Crippen LogP contribution in [-0.2, 0) is 11.2 Å². The first-order valence-electron chi connectivity index (χ1n) is 7.84. The van der Waals surface area contributed by atoms with Gasteiger partial charge >= 0.3 is 0 Å². The zero-order valence-corrected chi connectivity index (χ0v) is 13.9. The fourth-order valence-corrected chi connectivity index (χ4v) is 3.84. The molecule has 126 valence electrons. The number of thiazole rings is 1. The first-order chi connectivity index (χ1) is 11.5. The maximum atomic E-state index is 13.0. The van der Waals surface area contributed by atoms with E-state index in [0.717, 1.165) is 29.8 Å². The van der Waals surface area contributed by atoms with Crippen LogP contribution in [-0.4, -0.2) is 28.2 Å². The van der Waals surface area contributed by atoms with Gasteiger partial charge in [-0.25, -0.2) is 9.37 Å². The quantitative estimate of drug-likeness (QED) is 0.924. The SMILES string of the molecule is NC(=O)c1cnc(C2CCCCN2C(=O)Cc2ccc(F)cc2)s1. The van der Waals surface area contributed by atoms with Crippen LogP contribution in [0, 0.1) is 5.82 Å². The Labute approximate surface area is 143 Å². The Hall–Kier alpha value is -2.28. The molecule has 24 heavy (non-hydrogen) atoms. The summed E-state index contributed by atoms with van der Waals surface area (Å²) in [6.45, 7) is 0.663. The Kier molecular flexibility index (Phi) is 4.89. The normalized spacial score (nSPS) is 17.7. The lowest BCUT2D eigenvalue weighted by Crippen LogP contribution is -2.39. The van der Waals surface area contributed by atoms with Gasteiger partial charge < -0.3 is 10.6 Å². The summed E-state index contributed by atoms with van der Waals surface area (Å²) in [4.78, 5) is 30.5. The number of primary amides is 1. The second-order valence-electron chi connectivity index (χ2n) is 5.83. The summed E-state index contributed by atoms with van der Waals surface area (Å²) >= 11 is 1.25. The summed E-state index contributed by atoms with van der Waals surface area (Å²) < 4.78 is 13.0. The Morgan fingerprint density at radius 1 is 1.29 bits per heavy atom. The fraction of sp³-hybridized carbons (Fsp3) is 0.353. The van der Waals surface area contributed by atoms with Crippen molar-refractivity contribution in [3.05, 3.63) is 51.7 Å². The van der Waals surface area contributed by atoms with Gasteiger partial charge in [-0.3, -0.25) is 9.59 Å². The Balaban J connectivity index is 1.76. The standard InChI is InChI=1S/C17H18FN3O2S/c18-12-6-4-11(5-7-12)9-15(22)21-8-2-1-3-13(21)17-20-10-14(24-17)16(19)23/h4-7,10,13H,1-3,8-9H2,(H2,19,23). The number of hydrogen-bond donors (Lipinski definition) is 1. The van der Waals surface area contributed by atoms with Gasteiger partial charge in [0.2, 0.25) is 5.91 Å². The molecule has 2 heterocycles. The minimum atomic E-state index is -0.501. The van der Waals surface area contributed by atoms with E-state index in [0.29, 0.717) is 11.4 Å². The maximum absolute atomic E-state index is 13.0. The van der Waals surface area contributed by atoms with Gasteiger partial charge in [-0.15, -0.1) is 11.3 Å². The highest BCUT2D eigenvalue weighted by Crippen LogP contribution is 2.33. The zero-order chi connectivity index (χ0) is 17.1. The molecule has 1 fully saturated rings. The molecule has 2 N–H and O–H groups in total. The van der Waals surface area contributed by atoms with Crippen molar-refractivity contribution in [2.45, 2.75) is 31.7 Å². The predicted molar refractivity (Wildman–Crippen MR) is 89.0 cm³/mol. The number of hydrogen-bond acceptors (Lipinski definition) is 4. The van der Waals surface area contributed by atoms with Gasteiger partial charge in [0.15, 0.2) is 0 Å². The van der Waals surface area contributed by atoms with Crippen molar-refractivity contribution in [3.63, 3.8) is 0 Å². The molecule has 0 radical (unpaired) electrons. The molecular weight excluding hydrogens is 329 g/mol. The van der Waals surface area contributed by atoms with E-state index >= 15 is 0 Å². The average molecular weight is 347 g/mol. The maximum Gasteiger partial charge on any atom is 0.260 e. The number of aromatic nitrogens is 1. The van der Waals surface area contributed by atoms with Gasteiger partial charge in [0.25, 0.3) is 5.91 Å². The fourth-order valence-electron chi connectivity index (χ4n) is 2.92. The van der Waals surface area contributed by atoms with Crippen LogP contribution in [0.15, 0.2) is 30.5 Å². The van der Waals surface area contributed by atoms with Crippen molar-refractivity contribution in [1.82, 2.24) is 9.88 Å². The van der Waals surface area contributed by atoms with Crippen molar-refractivity contribution in [2.24, 2.45) is 5.73 Å². The summed E-state index contributed by atoms with van der Waals surface area (Å²) in [5.41, 5.74) is 6.07. The van der Waals surface area contributed by atoms with E-state index in [2.05, 4.69) is 4.98 Å². The third-order valence-electron chi connectivity index (χ3n) is 4.14. The number of amides is 2. The smallest absolute Gasteiger partial charge is 0.260 e. The summed E-state index contributed by atoms with van der Waals surface area (Å²) in [6.07, 6.45) is 4.47. The monoisotopic (exact) mass is 347 g/mol. The number of rotatable bonds is 4. The molecule has 7 heteroatoms. The van der Waals surface area contributed by atoms with Crippen LogP contribution in [0.5, 0.6) is 0 Å². The number of halogens is 1. The third-order valence-corrected chi connectivity index (χ3v) is 5.26. The van der Waals surface area contributed by atoms with Crippen LogP contribution in [0.4, 0.5) is 4.39 Å². The number of piperidine rings is 1. The topological polar surface area (TPSA) is 76.3 Å². The van der Waals surface area contributed by atoms with E-state index in [-0.39, 0.29) is 24.2 Å². The molecule has 1 unspecified atom stereocenters. The van der Waals surface area contributed by atoms with Crippen molar-refractivity contribution in [2.75, 3.05) is 6.54 Å². The number of nitrogens with two attached hydrogens (primary N) is 1. The molecule has 5 nitrogen and oxygen atoms in total. The minimum Gasteiger partial charge on any atom is -0.365 e. The second kappa shape index (κ2) is 7.09. The van der Waals surface area contributed by atoms with E-state index in [1.165, 1.54) is 29.7 Å². The van der Waals surface area contributed by atoms with Crippen LogP contribution in [0.25, 0.3) is 0 Å². The van der Waals surface area contributed by atoms with E-state index in [1.54, 1.807) is 12.1 Å². The number of likely N-dealkylation sites (tertiary alicyclic amines) is 1. The summed E-state index contributed by atoms with van der Waals surface area (Å²) in [6, 6.07) is 5.85. The Bertz CT molecular complexity index is 745. The largest absolute Gasteiger partial charge is 0.365 e. The van der Waals surface area contributed by atoms with Crippen LogP contribution < -0.4 is 5.73 Å². The van der Waals surface area contributed by atoms with Crippen molar-refractivity contribution in [1.29, 1.82) is 0 Å². The number of nitrogens with zero attached hydrogens (tertiary/aromatic N) is 2. The molecule has 1 saturated heterocycles. The molecule has 0 saturated carbocycles. The molecule has 0 spiro atoms. The van der Waals surface area contributed by atoms with Gasteiger partial charge in [0.1, 0.15) is 15.7 Å². The molecule has 0 aliphatic carbocycles. The Morgan fingerprint density at radius 3 is 2.71 bits per heavy atom. The summed E-state index contributed by atoms with van der Waals surface area (Å²) in [5.74, 6) is -0.829. The highest BCUT2D eigenvalue weighted by atomic mass is 32.1. The van der Waals surface area contributed by atoms with Crippen LogP contribution in [0.1, 0.15) is 45.5 Å². The second-order valence-corrected chi connectivity index (χ2v) is 6.89. The number of carbonyl (C=O) groups is 2. The van der Waals surface area contributed by atoms with Gasteiger partial charge in [0.05, 0.1) is 18.7 Å². The van der Waals surface area contributed by atoms with Gasteiger partial charge in [-0.1, -0.05) is 12.1 Å². The highest BCUT2D eigenvalue weighted by Gasteiger charge is 2.30. The van der Waals surface area contributed by atoms with Crippen LogP contribution in [0.3, 0.4) is 0 Å². The number of benzene rings is 1. The molecule has 0 bridgehead atoms. The lowest BCUT2D eigenvalue weighted by Gasteiger charge is -2.34. The highest BCUT2D eigenvalue weighted by molar-refractivity contribution is 7.13. The molecule has 3 rings (SSSR count). The van der Waals surface area contributed by atoms with E-state index in [9.17, 15) is 14.0 Å². The minimum absolute atomic E-state index is 0.0119. The lowest BCUT2D eigenvalue weighted by molar-refractivity contribution is -0.134.